The number of phosphoric acid groups is 1. The van der Waals surface area contributed by atoms with Gasteiger partial charge < -0.3 is 24.6 Å². The Morgan fingerprint density at radius 3 is 1.29 bits per heavy atom. The quantitative estimate of drug-likeness (QED) is 0.0324. The van der Waals surface area contributed by atoms with Crippen molar-refractivity contribution in [2.24, 2.45) is 0 Å². The topological polar surface area (TPSA) is 149 Å². The van der Waals surface area contributed by atoms with E-state index in [4.69, 9.17) is 19.1 Å². The van der Waals surface area contributed by atoms with E-state index in [0.29, 0.717) is 12.8 Å². The summed E-state index contributed by atoms with van der Waals surface area (Å²) in [5.74, 6) is -0.916. The number of carbonyl (C=O) groups excluding carboxylic acids is 2. The second-order valence-corrected chi connectivity index (χ2v) is 14.8. The Balaban J connectivity index is 4.29. The molecule has 0 radical (unpaired) electrons. The van der Waals surface area contributed by atoms with E-state index in [2.05, 4.69) is 18.4 Å². The van der Waals surface area contributed by atoms with Gasteiger partial charge >= 0.3 is 19.8 Å². The lowest BCUT2D eigenvalue weighted by Gasteiger charge is -2.20. The maximum Gasteiger partial charge on any atom is 0.472 e. The minimum Gasteiger partial charge on any atom is -0.462 e. The van der Waals surface area contributed by atoms with Gasteiger partial charge in [-0.25, -0.2) is 4.57 Å². The lowest BCUT2D eigenvalue weighted by Crippen LogP contribution is -2.29. The lowest BCUT2D eigenvalue weighted by atomic mass is 10.0. The Labute approximate surface area is 293 Å². The molecule has 0 rings (SSSR count). The summed E-state index contributed by atoms with van der Waals surface area (Å²) < 4.78 is 32.6. The van der Waals surface area contributed by atoms with Crippen LogP contribution in [0.3, 0.4) is 0 Å². The minimum atomic E-state index is -4.60. The first-order chi connectivity index (χ1) is 23.2. The number of aliphatic hydroxyl groups is 2. The van der Waals surface area contributed by atoms with Gasteiger partial charge in [-0.15, -0.1) is 0 Å². The van der Waals surface area contributed by atoms with Gasteiger partial charge in [0.05, 0.1) is 19.8 Å². The molecule has 0 aliphatic carbocycles. The van der Waals surface area contributed by atoms with E-state index in [-0.39, 0.29) is 19.4 Å². The van der Waals surface area contributed by atoms with Gasteiger partial charge in [-0.05, 0) is 12.8 Å². The van der Waals surface area contributed by atoms with Crippen molar-refractivity contribution in [1.29, 1.82) is 0 Å². The number of unbranched alkanes of at least 4 members (excludes halogenated alkanes) is 23. The van der Waals surface area contributed by atoms with E-state index in [1.54, 1.807) is 0 Å². The van der Waals surface area contributed by atoms with Crippen LogP contribution >= 0.6 is 7.82 Å². The molecule has 0 saturated carbocycles. The van der Waals surface area contributed by atoms with Crippen LogP contribution in [0.2, 0.25) is 0 Å². The van der Waals surface area contributed by atoms with Gasteiger partial charge in [0.2, 0.25) is 0 Å². The summed E-state index contributed by atoms with van der Waals surface area (Å²) in [7, 11) is -4.60. The molecule has 3 atom stereocenters. The molecule has 0 aromatic rings. The fourth-order valence-electron chi connectivity index (χ4n) is 5.46. The van der Waals surface area contributed by atoms with Crippen molar-refractivity contribution in [3.8, 4) is 0 Å². The molecule has 0 heterocycles. The average molecular weight is 709 g/mol. The largest absolute Gasteiger partial charge is 0.472 e. The number of esters is 2. The van der Waals surface area contributed by atoms with Crippen LogP contribution < -0.4 is 0 Å². The smallest absolute Gasteiger partial charge is 0.462 e. The molecule has 10 nitrogen and oxygen atoms in total. The van der Waals surface area contributed by atoms with Gasteiger partial charge in [0, 0.05) is 12.8 Å². The average Bonchev–Trinajstić information content (AvgIpc) is 3.07. The van der Waals surface area contributed by atoms with Gasteiger partial charge in [-0.1, -0.05) is 162 Å². The summed E-state index contributed by atoms with van der Waals surface area (Å²) in [6.07, 6.45) is 27.9. The molecule has 0 aromatic carbocycles. The Morgan fingerprint density at radius 1 is 0.542 bits per heavy atom. The summed E-state index contributed by atoms with van der Waals surface area (Å²) in [6, 6.07) is 0. The first kappa shape index (κ1) is 47.0. The number of hydrogen-bond acceptors (Lipinski definition) is 9. The number of aliphatic hydroxyl groups excluding tert-OH is 2. The SMILES string of the molecule is CCCCCCCCCCCCCCCCCC(=O)OC[C@@H](COP(=O)(O)OC[C@H](O)CO)OC(=O)CCCCCCCCCCCC. The minimum absolute atomic E-state index is 0.191. The highest BCUT2D eigenvalue weighted by Gasteiger charge is 2.27. The molecular formula is C37H73O10P. The van der Waals surface area contributed by atoms with Crippen LogP contribution in [-0.4, -0.2) is 65.7 Å². The normalized spacial score (nSPS) is 14.0. The lowest BCUT2D eigenvalue weighted by molar-refractivity contribution is -0.161. The number of rotatable bonds is 37. The number of phosphoric ester groups is 1. The van der Waals surface area contributed by atoms with E-state index in [1.807, 2.05) is 0 Å². The fourth-order valence-corrected chi connectivity index (χ4v) is 6.25. The maximum atomic E-state index is 12.5. The molecule has 0 amide bonds. The van der Waals surface area contributed by atoms with E-state index >= 15 is 0 Å². The third kappa shape index (κ3) is 33.5. The van der Waals surface area contributed by atoms with Crippen molar-refractivity contribution in [1.82, 2.24) is 0 Å². The number of carbonyl (C=O) groups is 2. The van der Waals surface area contributed by atoms with Crippen LogP contribution in [0.15, 0.2) is 0 Å². The molecule has 0 aliphatic rings. The summed E-state index contributed by atoms with van der Waals surface area (Å²) >= 11 is 0. The Hall–Kier alpha value is -1.03. The highest BCUT2D eigenvalue weighted by molar-refractivity contribution is 7.47. The van der Waals surface area contributed by atoms with Crippen LogP contribution in [0.4, 0.5) is 0 Å². The molecule has 11 heteroatoms. The van der Waals surface area contributed by atoms with Crippen molar-refractivity contribution >= 4 is 19.8 Å². The van der Waals surface area contributed by atoms with Crippen LogP contribution in [0, 0.1) is 0 Å². The van der Waals surface area contributed by atoms with Crippen molar-refractivity contribution < 1.29 is 47.8 Å². The second-order valence-electron chi connectivity index (χ2n) is 13.3. The molecule has 0 bridgehead atoms. The molecule has 3 N–H and O–H groups in total. The fraction of sp³-hybridized carbons (Fsp3) is 0.946. The summed E-state index contributed by atoms with van der Waals surface area (Å²) in [5.41, 5.74) is 0. The molecule has 0 saturated heterocycles. The van der Waals surface area contributed by atoms with Gasteiger partial charge in [0.15, 0.2) is 6.10 Å². The van der Waals surface area contributed by atoms with Crippen molar-refractivity contribution in [3.63, 3.8) is 0 Å². The van der Waals surface area contributed by atoms with Gasteiger partial charge in [-0.2, -0.15) is 0 Å². The Bertz CT molecular complexity index is 781. The zero-order valence-electron chi connectivity index (χ0n) is 30.7. The molecule has 0 fully saturated rings. The van der Waals surface area contributed by atoms with E-state index < -0.39 is 51.8 Å². The highest BCUT2D eigenvalue weighted by atomic mass is 31.2. The van der Waals surface area contributed by atoms with Gasteiger partial charge in [0.1, 0.15) is 12.7 Å². The van der Waals surface area contributed by atoms with Crippen LogP contribution in [0.1, 0.15) is 187 Å². The molecule has 1 unspecified atom stereocenters. The summed E-state index contributed by atoms with van der Waals surface area (Å²) in [5, 5.41) is 18.2. The predicted molar refractivity (Wildman–Crippen MR) is 192 cm³/mol. The zero-order chi connectivity index (χ0) is 35.6. The summed E-state index contributed by atoms with van der Waals surface area (Å²) in [6.45, 7) is 2.37. The van der Waals surface area contributed by atoms with Crippen LogP contribution in [0.5, 0.6) is 0 Å². The Morgan fingerprint density at radius 2 is 0.896 bits per heavy atom. The summed E-state index contributed by atoms with van der Waals surface area (Å²) in [4.78, 5) is 34.8. The van der Waals surface area contributed by atoms with Gasteiger partial charge in [0.25, 0.3) is 0 Å². The standard InChI is InChI=1S/C37H73O10P/c1-3-5-7-9-11-13-15-16-17-18-19-21-22-24-26-28-36(40)44-32-35(33-46-48(42,43)45-31-34(39)30-38)47-37(41)29-27-25-23-20-14-12-10-8-6-4-2/h34-35,38-39H,3-33H2,1-2H3,(H,42,43)/t34-,35+/m1/s1. The third-order valence-corrected chi connectivity index (χ3v) is 9.46. The highest BCUT2D eigenvalue weighted by Crippen LogP contribution is 2.43. The predicted octanol–water partition coefficient (Wildman–Crippen LogP) is 9.50. The van der Waals surface area contributed by atoms with Crippen molar-refractivity contribution in [2.75, 3.05) is 26.4 Å². The van der Waals surface area contributed by atoms with Crippen molar-refractivity contribution in [2.45, 2.75) is 199 Å². The van der Waals surface area contributed by atoms with Crippen LogP contribution in [-0.2, 0) is 32.7 Å². The first-order valence-electron chi connectivity index (χ1n) is 19.5. The van der Waals surface area contributed by atoms with Crippen molar-refractivity contribution in [3.05, 3.63) is 0 Å². The first-order valence-corrected chi connectivity index (χ1v) is 21.0. The third-order valence-electron chi connectivity index (χ3n) is 8.51. The van der Waals surface area contributed by atoms with Gasteiger partial charge in [-0.3, -0.25) is 18.6 Å². The molecule has 0 aromatic heterocycles. The number of hydrogen-bond donors (Lipinski definition) is 3. The Kier molecular flexibility index (Phi) is 33.7. The monoisotopic (exact) mass is 708 g/mol. The van der Waals surface area contributed by atoms with Crippen LogP contribution in [0.25, 0.3) is 0 Å². The molecule has 286 valence electrons. The van der Waals surface area contributed by atoms with E-state index in [0.717, 1.165) is 32.1 Å². The molecule has 0 aliphatic heterocycles. The zero-order valence-corrected chi connectivity index (χ0v) is 31.6. The molecular weight excluding hydrogens is 635 g/mol. The molecule has 48 heavy (non-hydrogen) atoms. The maximum absolute atomic E-state index is 12.5. The number of ether oxygens (including phenoxy) is 2. The van der Waals surface area contributed by atoms with E-state index in [9.17, 15) is 24.2 Å². The molecule has 0 spiro atoms. The van der Waals surface area contributed by atoms with E-state index in [1.165, 1.54) is 116 Å². The second kappa shape index (κ2) is 34.4.